The van der Waals surface area contributed by atoms with Crippen molar-refractivity contribution in [3.05, 3.63) is 39.8 Å². The Hall–Kier alpha value is -1.56. The summed E-state index contributed by atoms with van der Waals surface area (Å²) in [5, 5.41) is 1.94. The second kappa shape index (κ2) is 7.36. The Bertz CT molecular complexity index is 793. The van der Waals surface area contributed by atoms with E-state index in [-0.39, 0.29) is 11.7 Å². The molecule has 2 aliphatic rings. The molecule has 1 aromatic heterocycles. The number of halogens is 1. The first-order valence-electron chi connectivity index (χ1n) is 9.00. The lowest BCUT2D eigenvalue weighted by atomic mass is 9.91. The highest BCUT2D eigenvalue weighted by molar-refractivity contribution is 6.32. The van der Waals surface area contributed by atoms with E-state index in [0.29, 0.717) is 22.2 Å². The number of aromatic amines is 1. The zero-order valence-corrected chi connectivity index (χ0v) is 14.9. The predicted molar refractivity (Wildman–Crippen MR) is 98.6 cm³/mol. The Kier molecular flexibility index (Phi) is 4.97. The first-order valence-corrected chi connectivity index (χ1v) is 9.38. The van der Waals surface area contributed by atoms with E-state index in [1.807, 2.05) is 12.1 Å². The molecule has 0 amide bonds. The Morgan fingerprint density at radius 1 is 1.16 bits per heavy atom. The zero-order chi connectivity index (χ0) is 17.2. The molecule has 1 N–H and O–H groups in total. The highest BCUT2D eigenvalue weighted by Gasteiger charge is 2.28. The molecule has 6 heteroatoms. The molecule has 25 heavy (non-hydrogen) atoms. The van der Waals surface area contributed by atoms with Crippen LogP contribution in [0.5, 0.6) is 5.75 Å². The third-order valence-corrected chi connectivity index (χ3v) is 5.62. The van der Waals surface area contributed by atoms with E-state index in [9.17, 15) is 4.79 Å². The molecule has 0 spiro atoms. The summed E-state index contributed by atoms with van der Waals surface area (Å²) >= 11 is 6.34. The minimum atomic E-state index is -0.128. The van der Waals surface area contributed by atoms with Crippen molar-refractivity contribution in [1.29, 1.82) is 0 Å². The van der Waals surface area contributed by atoms with Gasteiger partial charge in [-0.25, -0.2) is 0 Å². The third-order valence-electron chi connectivity index (χ3n) is 5.33. The number of ether oxygens (including phenoxy) is 2. The summed E-state index contributed by atoms with van der Waals surface area (Å²) in [4.78, 5) is 17.1. The first kappa shape index (κ1) is 16.9. The van der Waals surface area contributed by atoms with Crippen LogP contribution in [0.15, 0.2) is 29.2 Å². The second-order valence-electron chi connectivity index (χ2n) is 6.87. The van der Waals surface area contributed by atoms with E-state index in [2.05, 4.69) is 9.88 Å². The van der Waals surface area contributed by atoms with Gasteiger partial charge in [0, 0.05) is 30.7 Å². The van der Waals surface area contributed by atoms with Crippen LogP contribution in [-0.2, 0) is 4.74 Å². The maximum absolute atomic E-state index is 11.9. The minimum Gasteiger partial charge on any atom is -0.489 e. The number of nitrogens with one attached hydrogen (secondary N) is 1. The molecule has 1 aliphatic heterocycles. The molecular formula is C19H23ClN2O3. The fourth-order valence-electron chi connectivity index (χ4n) is 3.93. The molecule has 4 rings (SSSR count). The van der Waals surface area contributed by atoms with Crippen molar-refractivity contribution < 1.29 is 9.47 Å². The summed E-state index contributed by atoms with van der Waals surface area (Å²) in [5.74, 6) is 0.676. The summed E-state index contributed by atoms with van der Waals surface area (Å²) in [6.45, 7) is 3.78. The van der Waals surface area contributed by atoms with Crippen molar-refractivity contribution in [1.82, 2.24) is 9.88 Å². The van der Waals surface area contributed by atoms with E-state index >= 15 is 0 Å². The van der Waals surface area contributed by atoms with Crippen LogP contribution in [0, 0.1) is 0 Å². The monoisotopic (exact) mass is 362 g/mol. The highest BCUT2D eigenvalue weighted by Crippen LogP contribution is 2.33. The minimum absolute atomic E-state index is 0.128. The number of pyridine rings is 1. The molecule has 0 atom stereocenters. The van der Waals surface area contributed by atoms with Crippen LogP contribution in [-0.4, -0.2) is 48.3 Å². The van der Waals surface area contributed by atoms with Crippen LogP contribution in [0.3, 0.4) is 0 Å². The lowest BCUT2D eigenvalue weighted by Crippen LogP contribution is -2.46. The number of rotatable bonds is 3. The van der Waals surface area contributed by atoms with Gasteiger partial charge in [-0.2, -0.15) is 0 Å². The van der Waals surface area contributed by atoms with Crippen LogP contribution >= 0.6 is 11.6 Å². The molecule has 0 unspecified atom stereocenters. The zero-order valence-electron chi connectivity index (χ0n) is 14.2. The summed E-state index contributed by atoms with van der Waals surface area (Å²) in [7, 11) is 0. The molecule has 1 saturated carbocycles. The number of fused-ring (bicyclic) bond motifs is 1. The Balaban J connectivity index is 1.42. The summed E-state index contributed by atoms with van der Waals surface area (Å²) in [6, 6.07) is 6.09. The van der Waals surface area contributed by atoms with Gasteiger partial charge in [0.15, 0.2) is 0 Å². The first-order chi connectivity index (χ1) is 12.2. The largest absolute Gasteiger partial charge is 0.489 e. The lowest BCUT2D eigenvalue weighted by Gasteiger charge is -2.38. The van der Waals surface area contributed by atoms with Crippen LogP contribution in [0.25, 0.3) is 10.8 Å². The van der Waals surface area contributed by atoms with Gasteiger partial charge in [-0.3, -0.25) is 9.69 Å². The molecule has 2 aromatic rings. The average molecular weight is 363 g/mol. The Morgan fingerprint density at radius 2 is 1.92 bits per heavy atom. The van der Waals surface area contributed by atoms with Crippen LogP contribution in [0.4, 0.5) is 0 Å². The standard InChI is InChI=1S/C19H23ClN2O3/c20-17-12-16-13(5-6-21-19(16)23)11-18(17)25-15-3-1-14(2-4-15)22-7-9-24-10-8-22/h5-6,11-12,14-15H,1-4,7-10H2,(H,21,23)/t14-,15-. The van der Waals surface area contributed by atoms with Gasteiger partial charge in [0.1, 0.15) is 5.75 Å². The van der Waals surface area contributed by atoms with E-state index < -0.39 is 0 Å². The maximum atomic E-state index is 11.9. The normalized spacial score (nSPS) is 25.2. The van der Waals surface area contributed by atoms with Gasteiger partial charge in [-0.15, -0.1) is 0 Å². The summed E-state index contributed by atoms with van der Waals surface area (Å²) in [5.41, 5.74) is -0.128. The number of hydrogen-bond acceptors (Lipinski definition) is 4. The summed E-state index contributed by atoms with van der Waals surface area (Å²) < 4.78 is 11.6. The quantitative estimate of drug-likeness (QED) is 0.911. The van der Waals surface area contributed by atoms with Gasteiger partial charge in [0.05, 0.1) is 24.3 Å². The van der Waals surface area contributed by atoms with Crippen molar-refractivity contribution in [3.63, 3.8) is 0 Å². The van der Waals surface area contributed by atoms with Gasteiger partial charge < -0.3 is 14.5 Å². The Morgan fingerprint density at radius 3 is 2.68 bits per heavy atom. The molecule has 1 aromatic carbocycles. The van der Waals surface area contributed by atoms with Gasteiger partial charge in [0.2, 0.25) is 0 Å². The van der Waals surface area contributed by atoms with Crippen LogP contribution in [0.1, 0.15) is 25.7 Å². The Labute approximate surface area is 151 Å². The van der Waals surface area contributed by atoms with Crippen molar-refractivity contribution in [3.8, 4) is 5.75 Å². The van der Waals surface area contributed by atoms with E-state index in [1.54, 1.807) is 12.3 Å². The molecular weight excluding hydrogens is 340 g/mol. The van der Waals surface area contributed by atoms with Crippen molar-refractivity contribution in [2.45, 2.75) is 37.8 Å². The van der Waals surface area contributed by atoms with Gasteiger partial charge in [-0.05, 0) is 49.3 Å². The molecule has 1 saturated heterocycles. The number of nitrogens with zero attached hydrogens (tertiary/aromatic N) is 1. The van der Waals surface area contributed by atoms with Gasteiger partial charge >= 0.3 is 0 Å². The molecule has 1 aliphatic carbocycles. The fraction of sp³-hybridized carbons (Fsp3) is 0.526. The van der Waals surface area contributed by atoms with E-state index in [0.717, 1.165) is 57.4 Å². The summed E-state index contributed by atoms with van der Waals surface area (Å²) in [6.07, 6.45) is 6.20. The number of morpholine rings is 1. The molecule has 134 valence electrons. The lowest BCUT2D eigenvalue weighted by molar-refractivity contribution is -0.00101. The smallest absolute Gasteiger partial charge is 0.255 e. The maximum Gasteiger partial charge on any atom is 0.255 e. The predicted octanol–water partition coefficient (Wildman–Crippen LogP) is 3.20. The van der Waals surface area contributed by atoms with Crippen molar-refractivity contribution in [2.24, 2.45) is 0 Å². The third kappa shape index (κ3) is 3.68. The van der Waals surface area contributed by atoms with Crippen molar-refractivity contribution in [2.75, 3.05) is 26.3 Å². The topological polar surface area (TPSA) is 54.6 Å². The number of hydrogen-bond donors (Lipinski definition) is 1. The average Bonchev–Trinajstić information content (AvgIpc) is 2.65. The SMILES string of the molecule is O=c1[nH]ccc2cc(O[C@H]3CC[C@H](N4CCOCC4)CC3)c(Cl)cc12. The van der Waals surface area contributed by atoms with Gasteiger partial charge in [0.25, 0.3) is 5.56 Å². The number of aromatic nitrogens is 1. The van der Waals surface area contributed by atoms with Gasteiger partial charge in [-0.1, -0.05) is 11.6 Å². The molecule has 2 heterocycles. The molecule has 0 radical (unpaired) electrons. The molecule has 5 nitrogen and oxygen atoms in total. The number of H-pyrrole nitrogens is 1. The fourth-order valence-corrected chi connectivity index (χ4v) is 4.14. The van der Waals surface area contributed by atoms with Crippen LogP contribution < -0.4 is 10.3 Å². The van der Waals surface area contributed by atoms with E-state index in [4.69, 9.17) is 21.1 Å². The van der Waals surface area contributed by atoms with Crippen LogP contribution in [0.2, 0.25) is 5.02 Å². The molecule has 0 bridgehead atoms. The van der Waals surface area contributed by atoms with E-state index in [1.165, 1.54) is 0 Å². The number of benzene rings is 1. The van der Waals surface area contributed by atoms with Crippen molar-refractivity contribution >= 4 is 22.4 Å². The second-order valence-corrected chi connectivity index (χ2v) is 7.28. The molecule has 2 fully saturated rings. The highest BCUT2D eigenvalue weighted by atomic mass is 35.5.